The maximum Gasteiger partial charge on any atom is 0.271 e. The van der Waals surface area contributed by atoms with Gasteiger partial charge >= 0.3 is 0 Å². The summed E-state index contributed by atoms with van der Waals surface area (Å²) in [6.45, 7) is 3.89. The van der Waals surface area contributed by atoms with Gasteiger partial charge in [-0.3, -0.25) is 4.79 Å². The van der Waals surface area contributed by atoms with Crippen LogP contribution < -0.4 is 14.8 Å². The van der Waals surface area contributed by atoms with Crippen molar-refractivity contribution in [3.63, 3.8) is 0 Å². The molecule has 6 nitrogen and oxygen atoms in total. The van der Waals surface area contributed by atoms with E-state index in [-0.39, 0.29) is 11.9 Å². The number of nitrogens with one attached hydrogen (secondary N) is 1. The third kappa shape index (κ3) is 3.57. The molecular weight excluding hydrogens is 352 g/mol. The van der Waals surface area contributed by atoms with Gasteiger partial charge in [0, 0.05) is 5.38 Å². The molecule has 0 aliphatic heterocycles. The second-order valence-corrected chi connectivity index (χ2v) is 6.63. The van der Waals surface area contributed by atoms with Crippen molar-refractivity contribution in [3.8, 4) is 22.3 Å². The molecule has 1 aromatic carbocycles. The summed E-state index contributed by atoms with van der Waals surface area (Å²) in [6, 6.07) is 7.17. The normalized spacial score (nSPS) is 11.8. The van der Waals surface area contributed by atoms with E-state index in [1.807, 2.05) is 32.0 Å². The Bertz CT molecular complexity index is 902. The number of amides is 1. The summed E-state index contributed by atoms with van der Waals surface area (Å²) in [5, 5.41) is 5.38. The lowest BCUT2D eigenvalue weighted by molar-refractivity contribution is 0.0935. The Morgan fingerprint density at radius 2 is 2.00 bits per heavy atom. The van der Waals surface area contributed by atoms with E-state index < -0.39 is 0 Å². The van der Waals surface area contributed by atoms with Crippen molar-refractivity contribution >= 4 is 17.2 Å². The van der Waals surface area contributed by atoms with Crippen LogP contribution in [0.5, 0.6) is 11.5 Å². The number of benzene rings is 1. The van der Waals surface area contributed by atoms with E-state index in [0.29, 0.717) is 28.0 Å². The van der Waals surface area contributed by atoms with Crippen molar-refractivity contribution in [1.82, 2.24) is 10.3 Å². The molecule has 0 fully saturated rings. The summed E-state index contributed by atoms with van der Waals surface area (Å²) in [5.41, 5.74) is 2.33. The Hall–Kier alpha value is -2.80. The molecule has 1 amide bonds. The van der Waals surface area contributed by atoms with Gasteiger partial charge in [0.05, 0.1) is 26.5 Å². The molecule has 0 spiro atoms. The Kier molecular flexibility index (Phi) is 5.27. The molecule has 0 aliphatic carbocycles. The Labute approximate surface area is 155 Å². The number of nitrogens with zero attached hydrogens (tertiary/aromatic N) is 1. The van der Waals surface area contributed by atoms with Gasteiger partial charge in [-0.2, -0.15) is 0 Å². The minimum Gasteiger partial charge on any atom is -0.493 e. The van der Waals surface area contributed by atoms with Gasteiger partial charge in [-0.1, -0.05) is 0 Å². The standard InChI is InChI=1S/C19H20N2O4S/c1-11-8-16(23-3)17(24-4)9-13(11)12(2)20-18(22)14-10-26-19(21-14)15-6-5-7-25-15/h5-10,12H,1-4H3,(H,20,22). The van der Waals surface area contributed by atoms with Crippen LogP contribution in [-0.2, 0) is 0 Å². The van der Waals surface area contributed by atoms with Crippen LogP contribution in [0.3, 0.4) is 0 Å². The lowest BCUT2D eigenvalue weighted by Gasteiger charge is -2.18. The van der Waals surface area contributed by atoms with Crippen LogP contribution in [0.25, 0.3) is 10.8 Å². The molecule has 0 saturated heterocycles. The molecule has 3 rings (SSSR count). The molecule has 2 aromatic heterocycles. The van der Waals surface area contributed by atoms with Gasteiger partial charge in [0.25, 0.3) is 5.91 Å². The highest BCUT2D eigenvalue weighted by Crippen LogP contribution is 2.33. The summed E-state index contributed by atoms with van der Waals surface area (Å²) >= 11 is 1.37. The largest absolute Gasteiger partial charge is 0.493 e. The van der Waals surface area contributed by atoms with E-state index in [0.717, 1.165) is 11.1 Å². The first kappa shape index (κ1) is 18.0. The van der Waals surface area contributed by atoms with Gasteiger partial charge in [-0.05, 0) is 49.2 Å². The zero-order valence-electron chi connectivity index (χ0n) is 15.0. The molecule has 0 bridgehead atoms. The molecule has 0 aliphatic rings. The molecule has 1 atom stereocenters. The molecule has 2 heterocycles. The Balaban J connectivity index is 1.77. The predicted molar refractivity (Wildman–Crippen MR) is 100.0 cm³/mol. The molecule has 3 aromatic rings. The zero-order chi connectivity index (χ0) is 18.7. The first-order chi connectivity index (χ1) is 12.5. The third-order valence-electron chi connectivity index (χ3n) is 4.06. The van der Waals surface area contributed by atoms with Crippen LogP contribution in [-0.4, -0.2) is 25.1 Å². The SMILES string of the molecule is COc1cc(C)c(C(C)NC(=O)c2csc(-c3ccco3)n2)cc1OC. The maximum atomic E-state index is 12.5. The third-order valence-corrected chi connectivity index (χ3v) is 4.91. The van der Waals surface area contributed by atoms with Crippen molar-refractivity contribution in [2.24, 2.45) is 0 Å². The van der Waals surface area contributed by atoms with E-state index in [1.54, 1.807) is 31.9 Å². The maximum absolute atomic E-state index is 12.5. The predicted octanol–water partition coefficient (Wildman–Crippen LogP) is 4.22. The number of furan rings is 1. The summed E-state index contributed by atoms with van der Waals surface area (Å²) in [6.07, 6.45) is 1.58. The smallest absolute Gasteiger partial charge is 0.271 e. The number of rotatable bonds is 6. The van der Waals surface area contributed by atoms with Crippen molar-refractivity contribution in [2.75, 3.05) is 14.2 Å². The molecular formula is C19H20N2O4S. The van der Waals surface area contributed by atoms with Crippen LogP contribution in [0, 0.1) is 6.92 Å². The van der Waals surface area contributed by atoms with Crippen molar-refractivity contribution in [3.05, 3.63) is 52.7 Å². The highest BCUT2D eigenvalue weighted by atomic mass is 32.1. The van der Waals surface area contributed by atoms with Crippen LogP contribution >= 0.6 is 11.3 Å². The van der Waals surface area contributed by atoms with Gasteiger partial charge in [-0.25, -0.2) is 4.98 Å². The minimum absolute atomic E-state index is 0.212. The fourth-order valence-corrected chi connectivity index (χ4v) is 3.47. The number of aryl methyl sites for hydroxylation is 1. The van der Waals surface area contributed by atoms with Gasteiger partial charge < -0.3 is 19.2 Å². The minimum atomic E-state index is -0.235. The fourth-order valence-electron chi connectivity index (χ4n) is 2.70. The van der Waals surface area contributed by atoms with Gasteiger partial charge in [-0.15, -0.1) is 11.3 Å². The van der Waals surface area contributed by atoms with Gasteiger partial charge in [0.15, 0.2) is 22.3 Å². The van der Waals surface area contributed by atoms with Crippen molar-refractivity contribution in [1.29, 1.82) is 0 Å². The summed E-state index contributed by atoms with van der Waals surface area (Å²) in [7, 11) is 3.19. The highest BCUT2D eigenvalue weighted by molar-refractivity contribution is 7.13. The van der Waals surface area contributed by atoms with E-state index >= 15 is 0 Å². The second-order valence-electron chi connectivity index (χ2n) is 5.77. The average molecular weight is 372 g/mol. The lowest BCUT2D eigenvalue weighted by atomic mass is 10.0. The molecule has 7 heteroatoms. The molecule has 0 radical (unpaired) electrons. The van der Waals surface area contributed by atoms with E-state index in [9.17, 15) is 4.79 Å². The van der Waals surface area contributed by atoms with E-state index in [1.165, 1.54) is 11.3 Å². The first-order valence-corrected chi connectivity index (χ1v) is 8.94. The second kappa shape index (κ2) is 7.61. The van der Waals surface area contributed by atoms with E-state index in [4.69, 9.17) is 13.9 Å². The highest BCUT2D eigenvalue weighted by Gasteiger charge is 2.19. The number of aromatic nitrogens is 1. The average Bonchev–Trinajstić information content (AvgIpc) is 3.32. The topological polar surface area (TPSA) is 73.6 Å². The number of ether oxygens (including phenoxy) is 2. The van der Waals surface area contributed by atoms with Crippen molar-refractivity contribution < 1.29 is 18.7 Å². The summed E-state index contributed by atoms with van der Waals surface area (Å²) in [5.74, 6) is 1.71. The number of hydrogen-bond donors (Lipinski definition) is 1. The van der Waals surface area contributed by atoms with Gasteiger partial charge in [0.2, 0.25) is 0 Å². The van der Waals surface area contributed by atoms with Crippen LogP contribution in [0.4, 0.5) is 0 Å². The fraction of sp³-hybridized carbons (Fsp3) is 0.263. The first-order valence-electron chi connectivity index (χ1n) is 8.06. The number of methoxy groups -OCH3 is 2. The van der Waals surface area contributed by atoms with Crippen LogP contribution in [0.2, 0.25) is 0 Å². The molecule has 136 valence electrons. The number of carbonyl (C=O) groups is 1. The number of thiazole rings is 1. The monoisotopic (exact) mass is 372 g/mol. The Morgan fingerprint density at radius 3 is 2.65 bits per heavy atom. The lowest BCUT2D eigenvalue weighted by Crippen LogP contribution is -2.27. The molecule has 1 unspecified atom stereocenters. The molecule has 26 heavy (non-hydrogen) atoms. The van der Waals surface area contributed by atoms with Crippen LogP contribution in [0.1, 0.15) is 34.6 Å². The molecule has 1 N–H and O–H groups in total. The van der Waals surface area contributed by atoms with Crippen LogP contribution in [0.15, 0.2) is 40.3 Å². The number of hydrogen-bond acceptors (Lipinski definition) is 6. The number of carbonyl (C=O) groups excluding carboxylic acids is 1. The quantitative estimate of drug-likeness (QED) is 0.701. The summed E-state index contributed by atoms with van der Waals surface area (Å²) in [4.78, 5) is 16.9. The Morgan fingerprint density at radius 1 is 1.27 bits per heavy atom. The zero-order valence-corrected chi connectivity index (χ0v) is 15.8. The van der Waals surface area contributed by atoms with E-state index in [2.05, 4.69) is 10.3 Å². The molecule has 0 saturated carbocycles. The van der Waals surface area contributed by atoms with Gasteiger partial charge in [0.1, 0.15) is 5.69 Å². The summed E-state index contributed by atoms with van der Waals surface area (Å²) < 4.78 is 16.0. The van der Waals surface area contributed by atoms with Crippen molar-refractivity contribution in [2.45, 2.75) is 19.9 Å².